The summed E-state index contributed by atoms with van der Waals surface area (Å²) >= 11 is 0. The molecule has 0 aromatic carbocycles. The second kappa shape index (κ2) is 5.83. The first-order valence-corrected chi connectivity index (χ1v) is 11.4. The number of allylic oxidation sites excluding steroid dienone is 2. The first-order valence-electron chi connectivity index (χ1n) is 11.4. The summed E-state index contributed by atoms with van der Waals surface area (Å²) in [6.07, 6.45) is 10.8. The SMILES string of the molecule is C/C=C1\CC[C@H]2[C@@H]3[C@H]4OC(C)(C)O[C@@H]4[C@H]4C[C@@H](O)CC[C@]4(C)[C@H]3CC[C@]12C. The van der Waals surface area contributed by atoms with Crippen molar-refractivity contribution in [3.05, 3.63) is 11.6 Å². The first kappa shape index (κ1) is 18.6. The zero-order valence-corrected chi connectivity index (χ0v) is 17.8. The normalized spacial score (nSPS) is 57.7. The Labute approximate surface area is 164 Å². The Morgan fingerprint density at radius 1 is 0.926 bits per heavy atom. The lowest BCUT2D eigenvalue weighted by Crippen LogP contribution is -2.63. The number of aliphatic hydroxyl groups excluding tert-OH is 1. The Morgan fingerprint density at radius 2 is 1.67 bits per heavy atom. The van der Waals surface area contributed by atoms with Gasteiger partial charge in [-0.1, -0.05) is 25.5 Å². The van der Waals surface area contributed by atoms with E-state index in [-0.39, 0.29) is 23.7 Å². The molecule has 1 saturated heterocycles. The molecule has 0 aromatic rings. The van der Waals surface area contributed by atoms with Crippen LogP contribution in [0.15, 0.2) is 11.6 Å². The smallest absolute Gasteiger partial charge is 0.163 e. The van der Waals surface area contributed by atoms with Gasteiger partial charge in [-0.05, 0) is 100 Å². The van der Waals surface area contributed by atoms with E-state index in [9.17, 15) is 5.11 Å². The van der Waals surface area contributed by atoms with Crippen molar-refractivity contribution in [2.24, 2.45) is 34.5 Å². The van der Waals surface area contributed by atoms with Gasteiger partial charge in [0.25, 0.3) is 0 Å². The van der Waals surface area contributed by atoms with Crippen molar-refractivity contribution in [1.29, 1.82) is 0 Å². The van der Waals surface area contributed by atoms with Gasteiger partial charge in [0.2, 0.25) is 0 Å². The topological polar surface area (TPSA) is 38.7 Å². The summed E-state index contributed by atoms with van der Waals surface area (Å²) in [6, 6.07) is 0. The average Bonchev–Trinajstić information content (AvgIpc) is 3.11. The predicted octanol–water partition coefficient (Wildman–Crippen LogP) is 5.08. The summed E-state index contributed by atoms with van der Waals surface area (Å²) in [5.41, 5.74) is 2.33. The van der Waals surface area contributed by atoms with Gasteiger partial charge in [0, 0.05) is 0 Å². The number of ether oxygens (including phenoxy) is 2. The van der Waals surface area contributed by atoms with Crippen LogP contribution in [0, 0.1) is 34.5 Å². The number of rotatable bonds is 0. The quantitative estimate of drug-likeness (QED) is 0.601. The van der Waals surface area contributed by atoms with E-state index in [4.69, 9.17) is 9.47 Å². The fraction of sp³-hybridized carbons (Fsp3) is 0.917. The average molecular weight is 375 g/mol. The van der Waals surface area contributed by atoms with Crippen molar-refractivity contribution in [3.63, 3.8) is 0 Å². The largest absolute Gasteiger partial charge is 0.393 e. The van der Waals surface area contributed by atoms with Crippen molar-refractivity contribution in [2.75, 3.05) is 0 Å². The van der Waals surface area contributed by atoms with Crippen molar-refractivity contribution in [3.8, 4) is 0 Å². The molecule has 152 valence electrons. The molecule has 0 aromatic heterocycles. The third-order valence-corrected chi connectivity index (χ3v) is 9.70. The van der Waals surface area contributed by atoms with Crippen LogP contribution in [0.25, 0.3) is 0 Å². The minimum absolute atomic E-state index is 0.151. The molecule has 1 heterocycles. The van der Waals surface area contributed by atoms with Crippen LogP contribution >= 0.6 is 0 Å². The van der Waals surface area contributed by atoms with E-state index in [0.29, 0.717) is 23.2 Å². The molecule has 3 nitrogen and oxygen atoms in total. The van der Waals surface area contributed by atoms with Crippen molar-refractivity contribution in [1.82, 2.24) is 0 Å². The molecular weight excluding hydrogens is 336 g/mol. The fourth-order valence-corrected chi connectivity index (χ4v) is 8.48. The molecule has 1 N–H and O–H groups in total. The Morgan fingerprint density at radius 3 is 2.41 bits per heavy atom. The first-order chi connectivity index (χ1) is 12.7. The van der Waals surface area contributed by atoms with E-state index in [1.165, 1.54) is 25.7 Å². The summed E-state index contributed by atoms with van der Waals surface area (Å²) in [6.45, 7) is 11.5. The van der Waals surface area contributed by atoms with Crippen molar-refractivity contribution in [2.45, 2.75) is 104 Å². The fourth-order valence-electron chi connectivity index (χ4n) is 8.48. The van der Waals surface area contributed by atoms with Gasteiger partial charge in [0.15, 0.2) is 5.79 Å². The molecule has 0 unspecified atom stereocenters. The summed E-state index contributed by atoms with van der Waals surface area (Å²) < 4.78 is 13.2. The maximum atomic E-state index is 10.5. The van der Waals surface area contributed by atoms with Crippen LogP contribution in [0.5, 0.6) is 0 Å². The monoisotopic (exact) mass is 374 g/mol. The summed E-state index contributed by atoms with van der Waals surface area (Å²) in [5, 5.41) is 10.5. The molecule has 0 spiro atoms. The van der Waals surface area contributed by atoms with E-state index in [1.54, 1.807) is 5.57 Å². The van der Waals surface area contributed by atoms with Crippen LogP contribution in [-0.2, 0) is 9.47 Å². The summed E-state index contributed by atoms with van der Waals surface area (Å²) in [4.78, 5) is 0. The van der Waals surface area contributed by atoms with Gasteiger partial charge in [-0.25, -0.2) is 0 Å². The lowest BCUT2D eigenvalue weighted by molar-refractivity contribution is -0.182. The molecule has 0 amide bonds. The standard InChI is InChI=1S/C24H38O3/c1-6-14-7-8-16-19-17(10-12-23(14,16)4)24(5)11-9-15(25)13-18(24)20-21(19)27-22(2,3)26-20/h6,15-21,25H,7-13H2,1-5H3/b14-6+/t15-,16-,17-,18+,19-,20+,21+,23+,24+/m0/s1. The van der Waals surface area contributed by atoms with E-state index < -0.39 is 5.79 Å². The maximum Gasteiger partial charge on any atom is 0.163 e. The second-order valence-corrected chi connectivity index (χ2v) is 11.2. The van der Waals surface area contributed by atoms with Crippen LogP contribution in [0.2, 0.25) is 0 Å². The number of fused-ring (bicyclic) bond motifs is 8. The third kappa shape index (κ3) is 2.43. The van der Waals surface area contributed by atoms with Gasteiger partial charge < -0.3 is 14.6 Å². The highest BCUT2D eigenvalue weighted by molar-refractivity contribution is 5.25. The Balaban J connectivity index is 1.59. The molecule has 27 heavy (non-hydrogen) atoms. The Kier molecular flexibility index (Phi) is 4.02. The molecule has 5 fully saturated rings. The van der Waals surface area contributed by atoms with E-state index in [2.05, 4.69) is 40.7 Å². The Hall–Kier alpha value is -0.380. The van der Waals surface area contributed by atoms with Gasteiger partial charge in [-0.15, -0.1) is 0 Å². The van der Waals surface area contributed by atoms with Crippen molar-refractivity contribution < 1.29 is 14.6 Å². The highest BCUT2D eigenvalue weighted by Crippen LogP contribution is 2.69. The summed E-state index contributed by atoms with van der Waals surface area (Å²) in [7, 11) is 0. The van der Waals surface area contributed by atoms with E-state index >= 15 is 0 Å². The van der Waals surface area contributed by atoms with Crippen LogP contribution in [-0.4, -0.2) is 29.2 Å². The van der Waals surface area contributed by atoms with Gasteiger partial charge in [0.1, 0.15) is 0 Å². The zero-order valence-electron chi connectivity index (χ0n) is 17.8. The molecule has 9 atom stereocenters. The lowest BCUT2D eigenvalue weighted by atomic mass is 9.43. The minimum atomic E-state index is -0.497. The molecule has 4 saturated carbocycles. The Bertz CT molecular complexity index is 654. The molecule has 3 heteroatoms. The molecule has 1 aliphatic heterocycles. The molecular formula is C24H38O3. The van der Waals surface area contributed by atoms with E-state index in [0.717, 1.165) is 25.2 Å². The minimum Gasteiger partial charge on any atom is -0.393 e. The number of hydrogen-bond donors (Lipinski definition) is 1. The van der Waals surface area contributed by atoms with Gasteiger partial charge >= 0.3 is 0 Å². The predicted molar refractivity (Wildman–Crippen MR) is 106 cm³/mol. The highest BCUT2D eigenvalue weighted by Gasteiger charge is 2.67. The summed E-state index contributed by atoms with van der Waals surface area (Å²) in [5.74, 6) is 1.97. The third-order valence-electron chi connectivity index (χ3n) is 9.70. The number of hydrogen-bond acceptors (Lipinski definition) is 3. The lowest BCUT2D eigenvalue weighted by Gasteiger charge is -2.63. The molecule has 4 aliphatic carbocycles. The van der Waals surface area contributed by atoms with Gasteiger partial charge in [-0.2, -0.15) is 0 Å². The number of aliphatic hydroxyl groups is 1. The van der Waals surface area contributed by atoms with Crippen LogP contribution in [0.3, 0.4) is 0 Å². The van der Waals surface area contributed by atoms with Crippen LogP contribution in [0.1, 0.15) is 79.6 Å². The molecule has 0 bridgehead atoms. The maximum absolute atomic E-state index is 10.5. The zero-order chi connectivity index (χ0) is 19.2. The van der Waals surface area contributed by atoms with Crippen LogP contribution in [0.4, 0.5) is 0 Å². The second-order valence-electron chi connectivity index (χ2n) is 11.2. The molecule has 5 rings (SSSR count). The van der Waals surface area contributed by atoms with Crippen molar-refractivity contribution >= 4 is 0 Å². The van der Waals surface area contributed by atoms with Gasteiger partial charge in [0.05, 0.1) is 18.3 Å². The highest BCUT2D eigenvalue weighted by atomic mass is 16.8. The van der Waals surface area contributed by atoms with Crippen LogP contribution < -0.4 is 0 Å². The van der Waals surface area contributed by atoms with Gasteiger partial charge in [-0.3, -0.25) is 0 Å². The van der Waals surface area contributed by atoms with E-state index in [1.807, 2.05) is 0 Å². The molecule has 0 radical (unpaired) electrons. The molecule has 5 aliphatic rings.